The van der Waals surface area contributed by atoms with E-state index in [1.54, 1.807) is 0 Å². The number of carbonyl (C=O) groups excluding carboxylic acids is 1. The highest BCUT2D eigenvalue weighted by Crippen LogP contribution is 2.25. The average Bonchev–Trinajstić information content (AvgIpc) is 2.99. The van der Waals surface area contributed by atoms with Crippen molar-refractivity contribution in [2.45, 2.75) is 39.0 Å². The number of benzene rings is 1. The van der Waals surface area contributed by atoms with Gasteiger partial charge in [-0.1, -0.05) is 13.0 Å². The van der Waals surface area contributed by atoms with Crippen LogP contribution in [-0.4, -0.2) is 37.2 Å². The summed E-state index contributed by atoms with van der Waals surface area (Å²) < 4.78 is 5.75. The molecule has 1 aromatic rings. The Kier molecular flexibility index (Phi) is 4.86. The van der Waals surface area contributed by atoms with Gasteiger partial charge in [0.2, 0.25) is 0 Å². The third-order valence-electron chi connectivity index (χ3n) is 4.79. The number of likely N-dealkylation sites (tertiary alicyclic amines) is 1. The van der Waals surface area contributed by atoms with Gasteiger partial charge in [-0.05, 0) is 61.3 Å². The number of fused-ring (bicyclic) bond motifs is 1. The number of ether oxygens (including phenoxy) is 1. The molecule has 4 heteroatoms. The minimum Gasteiger partial charge on any atom is -0.492 e. The molecule has 0 spiro atoms. The van der Waals surface area contributed by atoms with Gasteiger partial charge in [-0.2, -0.15) is 0 Å². The van der Waals surface area contributed by atoms with Crippen LogP contribution in [0, 0.1) is 5.92 Å². The molecule has 120 valence electrons. The lowest BCUT2D eigenvalue weighted by Gasteiger charge is -2.30. The van der Waals surface area contributed by atoms with Gasteiger partial charge in [0, 0.05) is 13.1 Å². The molecule has 22 heavy (non-hydrogen) atoms. The molecule has 4 nitrogen and oxygen atoms in total. The fraction of sp³-hybridized carbons (Fsp3) is 0.611. The predicted molar refractivity (Wildman–Crippen MR) is 87.3 cm³/mol. The van der Waals surface area contributed by atoms with E-state index >= 15 is 0 Å². The molecule has 1 aliphatic carbocycles. The SMILES string of the molecule is CC1CCN(C(=O)NCCOc2ccc3c(c2)CCC3)CC1. The molecule has 0 unspecified atom stereocenters. The number of amides is 2. The van der Waals surface area contributed by atoms with Crippen LogP contribution in [0.2, 0.25) is 0 Å². The van der Waals surface area contributed by atoms with Crippen LogP contribution in [0.3, 0.4) is 0 Å². The predicted octanol–water partition coefficient (Wildman–Crippen LogP) is 3.00. The average molecular weight is 302 g/mol. The number of nitrogens with zero attached hydrogens (tertiary/aromatic N) is 1. The molecule has 0 atom stereocenters. The summed E-state index contributed by atoms with van der Waals surface area (Å²) >= 11 is 0. The zero-order valence-electron chi connectivity index (χ0n) is 13.4. The monoisotopic (exact) mass is 302 g/mol. The molecule has 1 saturated heterocycles. The van der Waals surface area contributed by atoms with Gasteiger partial charge in [-0.15, -0.1) is 0 Å². The second-order valence-electron chi connectivity index (χ2n) is 6.53. The Labute approximate surface area is 132 Å². The summed E-state index contributed by atoms with van der Waals surface area (Å²) in [4.78, 5) is 13.9. The molecule has 1 aliphatic heterocycles. The molecule has 1 fully saturated rings. The third kappa shape index (κ3) is 3.73. The van der Waals surface area contributed by atoms with Gasteiger partial charge in [-0.25, -0.2) is 4.79 Å². The number of hydrogen-bond donors (Lipinski definition) is 1. The van der Waals surface area contributed by atoms with E-state index in [2.05, 4.69) is 24.4 Å². The molecule has 1 aromatic carbocycles. The number of rotatable bonds is 4. The smallest absolute Gasteiger partial charge is 0.317 e. The normalized spacial score (nSPS) is 18.1. The van der Waals surface area contributed by atoms with E-state index in [4.69, 9.17) is 4.74 Å². The minimum absolute atomic E-state index is 0.0458. The van der Waals surface area contributed by atoms with Gasteiger partial charge in [0.1, 0.15) is 12.4 Å². The molecule has 2 aliphatic rings. The molecule has 3 rings (SSSR count). The summed E-state index contributed by atoms with van der Waals surface area (Å²) in [5.41, 5.74) is 2.88. The van der Waals surface area contributed by atoms with Crippen molar-refractivity contribution in [1.29, 1.82) is 0 Å². The highest BCUT2D eigenvalue weighted by molar-refractivity contribution is 5.74. The molecule has 1 N–H and O–H groups in total. The van der Waals surface area contributed by atoms with E-state index in [0.717, 1.165) is 44.0 Å². The van der Waals surface area contributed by atoms with Gasteiger partial charge in [-0.3, -0.25) is 0 Å². The van der Waals surface area contributed by atoms with Crippen molar-refractivity contribution in [3.05, 3.63) is 29.3 Å². The van der Waals surface area contributed by atoms with Crippen LogP contribution in [-0.2, 0) is 12.8 Å². The van der Waals surface area contributed by atoms with Crippen LogP contribution in [0.15, 0.2) is 18.2 Å². The van der Waals surface area contributed by atoms with E-state index in [1.165, 1.54) is 24.0 Å². The molecular formula is C18H26N2O2. The van der Waals surface area contributed by atoms with Crippen molar-refractivity contribution in [2.75, 3.05) is 26.2 Å². The summed E-state index contributed by atoms with van der Waals surface area (Å²) in [6.45, 7) is 5.08. The fourth-order valence-corrected chi connectivity index (χ4v) is 3.29. The van der Waals surface area contributed by atoms with Crippen molar-refractivity contribution in [2.24, 2.45) is 5.92 Å². The lowest BCUT2D eigenvalue weighted by Crippen LogP contribution is -2.45. The number of aryl methyl sites for hydroxylation is 2. The highest BCUT2D eigenvalue weighted by Gasteiger charge is 2.19. The van der Waals surface area contributed by atoms with Crippen LogP contribution in [0.5, 0.6) is 5.75 Å². The summed E-state index contributed by atoms with van der Waals surface area (Å²) in [6.07, 6.45) is 5.83. The molecule has 0 radical (unpaired) electrons. The number of carbonyl (C=O) groups is 1. The van der Waals surface area contributed by atoms with Gasteiger partial charge >= 0.3 is 6.03 Å². The summed E-state index contributed by atoms with van der Waals surface area (Å²) in [5, 5.41) is 2.95. The Morgan fingerprint density at radius 1 is 1.27 bits per heavy atom. The topological polar surface area (TPSA) is 41.6 Å². The van der Waals surface area contributed by atoms with Gasteiger partial charge in [0.25, 0.3) is 0 Å². The van der Waals surface area contributed by atoms with Crippen molar-refractivity contribution in [3.63, 3.8) is 0 Å². The molecule has 0 saturated carbocycles. The molecule has 0 aromatic heterocycles. The van der Waals surface area contributed by atoms with Crippen molar-refractivity contribution < 1.29 is 9.53 Å². The third-order valence-corrected chi connectivity index (χ3v) is 4.79. The maximum absolute atomic E-state index is 12.0. The van der Waals surface area contributed by atoms with E-state index in [-0.39, 0.29) is 6.03 Å². The Bertz CT molecular complexity index is 522. The van der Waals surface area contributed by atoms with Crippen LogP contribution < -0.4 is 10.1 Å². The first-order valence-corrected chi connectivity index (χ1v) is 8.50. The van der Waals surface area contributed by atoms with E-state index in [0.29, 0.717) is 13.2 Å². The number of urea groups is 1. The van der Waals surface area contributed by atoms with Crippen LogP contribution in [0.4, 0.5) is 4.79 Å². The summed E-state index contributed by atoms with van der Waals surface area (Å²) in [6, 6.07) is 6.41. The van der Waals surface area contributed by atoms with Crippen molar-refractivity contribution in [1.82, 2.24) is 10.2 Å². The van der Waals surface area contributed by atoms with Crippen LogP contribution >= 0.6 is 0 Å². The van der Waals surface area contributed by atoms with Crippen molar-refractivity contribution in [3.8, 4) is 5.75 Å². The molecule has 1 heterocycles. The van der Waals surface area contributed by atoms with Crippen LogP contribution in [0.25, 0.3) is 0 Å². The zero-order valence-corrected chi connectivity index (χ0v) is 13.4. The Morgan fingerprint density at radius 3 is 2.86 bits per heavy atom. The summed E-state index contributed by atoms with van der Waals surface area (Å²) in [5.74, 6) is 1.66. The number of piperidine rings is 1. The van der Waals surface area contributed by atoms with E-state index in [1.807, 2.05) is 11.0 Å². The molecule has 0 bridgehead atoms. The highest BCUT2D eigenvalue weighted by atomic mass is 16.5. The second-order valence-corrected chi connectivity index (χ2v) is 6.53. The Morgan fingerprint density at radius 2 is 2.05 bits per heavy atom. The quantitative estimate of drug-likeness (QED) is 0.869. The fourth-order valence-electron chi connectivity index (χ4n) is 3.29. The lowest BCUT2D eigenvalue weighted by atomic mass is 10.00. The Hall–Kier alpha value is -1.71. The molecular weight excluding hydrogens is 276 g/mol. The van der Waals surface area contributed by atoms with E-state index < -0.39 is 0 Å². The van der Waals surface area contributed by atoms with Gasteiger partial charge in [0.05, 0.1) is 6.54 Å². The standard InChI is InChI=1S/C18H26N2O2/c1-14-7-10-20(11-8-14)18(21)19-9-12-22-17-6-5-15-3-2-4-16(15)13-17/h5-6,13-14H,2-4,7-12H2,1H3,(H,19,21). The molecule has 2 amide bonds. The number of hydrogen-bond acceptors (Lipinski definition) is 2. The first-order valence-electron chi connectivity index (χ1n) is 8.50. The largest absolute Gasteiger partial charge is 0.492 e. The zero-order chi connectivity index (χ0) is 15.4. The maximum Gasteiger partial charge on any atom is 0.317 e. The first-order chi connectivity index (χ1) is 10.7. The minimum atomic E-state index is 0.0458. The summed E-state index contributed by atoms with van der Waals surface area (Å²) in [7, 11) is 0. The van der Waals surface area contributed by atoms with Gasteiger partial charge in [0.15, 0.2) is 0 Å². The van der Waals surface area contributed by atoms with Crippen molar-refractivity contribution >= 4 is 6.03 Å². The maximum atomic E-state index is 12.0. The Balaban J connectivity index is 1.37. The number of nitrogens with one attached hydrogen (secondary N) is 1. The lowest BCUT2D eigenvalue weighted by molar-refractivity contribution is 0.172. The van der Waals surface area contributed by atoms with E-state index in [9.17, 15) is 4.79 Å². The van der Waals surface area contributed by atoms with Gasteiger partial charge < -0.3 is 15.0 Å². The second kappa shape index (κ2) is 7.03. The first kappa shape index (κ1) is 15.2. The van der Waals surface area contributed by atoms with Crippen LogP contribution in [0.1, 0.15) is 37.3 Å².